The van der Waals surface area contributed by atoms with Crippen molar-refractivity contribution >= 4 is 46.7 Å². The summed E-state index contributed by atoms with van der Waals surface area (Å²) >= 11 is 12.3. The molecule has 1 heterocycles. The molecule has 0 spiro atoms. The monoisotopic (exact) mass is 486 g/mol. The maximum atomic E-state index is 13.7. The number of aryl methyl sites for hydroxylation is 1. The number of hydrogen-bond acceptors (Lipinski definition) is 4. The van der Waals surface area contributed by atoms with Crippen LogP contribution in [0.25, 0.3) is 0 Å². The molecule has 172 valence electrons. The summed E-state index contributed by atoms with van der Waals surface area (Å²) in [6.07, 6.45) is 2.89. The number of Topliss-reactive ketones (excluding diaryl/α,β-unsaturated/α-hetero) is 1. The van der Waals surface area contributed by atoms with Crippen molar-refractivity contribution in [3.63, 3.8) is 0 Å². The summed E-state index contributed by atoms with van der Waals surface area (Å²) in [5, 5.41) is 2.29. The number of rotatable bonds is 5. The molecule has 8 heteroatoms. The van der Waals surface area contributed by atoms with Gasteiger partial charge in [-0.25, -0.2) is 5.01 Å². The van der Waals surface area contributed by atoms with E-state index in [1.54, 1.807) is 24.3 Å². The third-order valence-corrected chi connectivity index (χ3v) is 7.03. The van der Waals surface area contributed by atoms with Crippen molar-refractivity contribution in [1.29, 1.82) is 0 Å². The largest absolute Gasteiger partial charge is 0.292 e. The molecular formula is C25H24Cl2N2O4. The van der Waals surface area contributed by atoms with Gasteiger partial charge in [0.15, 0.2) is 5.78 Å². The van der Waals surface area contributed by atoms with Crippen LogP contribution >= 0.6 is 23.2 Å². The molecule has 2 aromatic rings. The third-order valence-electron chi connectivity index (χ3n) is 6.49. The summed E-state index contributed by atoms with van der Waals surface area (Å²) in [7, 11) is 0. The fourth-order valence-corrected chi connectivity index (χ4v) is 5.14. The van der Waals surface area contributed by atoms with Crippen LogP contribution in [-0.4, -0.2) is 39.6 Å². The Hall–Kier alpha value is -2.70. The van der Waals surface area contributed by atoms with Gasteiger partial charge in [-0.2, -0.15) is 5.01 Å². The van der Waals surface area contributed by atoms with E-state index in [1.165, 1.54) is 25.1 Å². The van der Waals surface area contributed by atoms with Crippen LogP contribution in [0.4, 0.5) is 0 Å². The standard InChI is InChI=1S/C25H24Cl2N2O4/c1-14-7-9-16(10-8-14)22(30)15(2)28(25(33)20-12-11-17(26)13-21(20)27)29-23(31)18-5-3-4-6-19(18)24(29)32/h7-13,15,18-19H,3-6H2,1-2H3/t15-,18-,19+/m0/s1. The predicted molar refractivity (Wildman–Crippen MR) is 125 cm³/mol. The van der Waals surface area contributed by atoms with E-state index in [2.05, 4.69) is 0 Å². The van der Waals surface area contributed by atoms with E-state index in [0.717, 1.165) is 28.4 Å². The van der Waals surface area contributed by atoms with Crippen LogP contribution in [-0.2, 0) is 9.59 Å². The zero-order valence-corrected chi connectivity index (χ0v) is 19.9. The molecule has 0 N–H and O–H groups in total. The normalized spacial score (nSPS) is 21.0. The van der Waals surface area contributed by atoms with E-state index in [9.17, 15) is 19.2 Å². The Morgan fingerprint density at radius 1 is 0.970 bits per heavy atom. The first-order chi connectivity index (χ1) is 15.7. The molecule has 6 nitrogen and oxygen atoms in total. The Kier molecular flexibility index (Phi) is 6.59. The molecule has 2 fully saturated rings. The van der Waals surface area contributed by atoms with E-state index in [0.29, 0.717) is 23.4 Å². The molecule has 1 aliphatic heterocycles. The number of nitrogens with zero attached hydrogens (tertiary/aromatic N) is 2. The number of amides is 3. The number of benzene rings is 2. The Morgan fingerprint density at radius 2 is 1.55 bits per heavy atom. The highest BCUT2D eigenvalue weighted by Gasteiger charge is 2.53. The van der Waals surface area contributed by atoms with Crippen LogP contribution in [0.15, 0.2) is 42.5 Å². The molecule has 0 radical (unpaired) electrons. The molecule has 3 atom stereocenters. The molecule has 1 aliphatic carbocycles. The van der Waals surface area contributed by atoms with E-state index in [1.807, 2.05) is 6.92 Å². The SMILES string of the molecule is Cc1ccc(C(=O)[C@H](C)N(C(=O)c2ccc(Cl)cc2Cl)N2C(=O)[C@H]3CCCC[C@H]3C2=O)cc1. The van der Waals surface area contributed by atoms with E-state index >= 15 is 0 Å². The minimum absolute atomic E-state index is 0.0556. The highest BCUT2D eigenvalue weighted by Crippen LogP contribution is 2.40. The van der Waals surface area contributed by atoms with Gasteiger partial charge in [0, 0.05) is 10.6 Å². The van der Waals surface area contributed by atoms with Crippen LogP contribution in [0.3, 0.4) is 0 Å². The minimum Gasteiger partial charge on any atom is -0.292 e. The summed E-state index contributed by atoms with van der Waals surface area (Å²) in [5.41, 5.74) is 1.42. The van der Waals surface area contributed by atoms with Crippen molar-refractivity contribution in [3.05, 3.63) is 69.2 Å². The van der Waals surface area contributed by atoms with Crippen molar-refractivity contribution in [3.8, 4) is 0 Å². The fourth-order valence-electron chi connectivity index (χ4n) is 4.65. The highest BCUT2D eigenvalue weighted by atomic mass is 35.5. The number of hydrogen-bond donors (Lipinski definition) is 0. The lowest BCUT2D eigenvalue weighted by Gasteiger charge is -2.35. The molecule has 2 aromatic carbocycles. The first-order valence-corrected chi connectivity index (χ1v) is 11.7. The summed E-state index contributed by atoms with van der Waals surface area (Å²) in [5.74, 6) is -2.90. The van der Waals surface area contributed by atoms with E-state index in [-0.39, 0.29) is 16.4 Å². The topological polar surface area (TPSA) is 74.8 Å². The summed E-state index contributed by atoms with van der Waals surface area (Å²) in [4.78, 5) is 53.7. The fraction of sp³-hybridized carbons (Fsp3) is 0.360. The molecule has 33 heavy (non-hydrogen) atoms. The second kappa shape index (κ2) is 9.27. The lowest BCUT2D eigenvalue weighted by atomic mass is 9.81. The third kappa shape index (κ3) is 4.30. The maximum Gasteiger partial charge on any atom is 0.275 e. The maximum absolute atomic E-state index is 13.7. The Balaban J connectivity index is 1.77. The molecule has 0 bridgehead atoms. The Bertz CT molecular complexity index is 1110. The number of hydrazine groups is 1. The van der Waals surface area contributed by atoms with Gasteiger partial charge in [-0.3, -0.25) is 19.2 Å². The minimum atomic E-state index is -1.11. The van der Waals surface area contributed by atoms with Crippen molar-refractivity contribution in [2.75, 3.05) is 0 Å². The van der Waals surface area contributed by atoms with Gasteiger partial charge in [-0.15, -0.1) is 0 Å². The van der Waals surface area contributed by atoms with Gasteiger partial charge in [-0.05, 0) is 44.9 Å². The quantitative estimate of drug-likeness (QED) is 0.434. The predicted octanol–water partition coefficient (Wildman–Crippen LogP) is 5.11. The smallest absolute Gasteiger partial charge is 0.275 e. The second-order valence-electron chi connectivity index (χ2n) is 8.67. The second-order valence-corrected chi connectivity index (χ2v) is 9.51. The van der Waals surface area contributed by atoms with Gasteiger partial charge in [0.1, 0.15) is 6.04 Å². The average molecular weight is 487 g/mol. The lowest BCUT2D eigenvalue weighted by Crippen LogP contribution is -2.56. The first-order valence-electron chi connectivity index (χ1n) is 11.0. The van der Waals surface area contributed by atoms with E-state index in [4.69, 9.17) is 23.2 Å². The van der Waals surface area contributed by atoms with Crippen LogP contribution in [0.5, 0.6) is 0 Å². The molecular weight excluding hydrogens is 463 g/mol. The van der Waals surface area contributed by atoms with E-state index < -0.39 is 35.6 Å². The van der Waals surface area contributed by atoms with Crippen molar-refractivity contribution < 1.29 is 19.2 Å². The molecule has 0 aromatic heterocycles. The summed E-state index contributed by atoms with van der Waals surface area (Å²) in [6.45, 7) is 3.42. The van der Waals surface area contributed by atoms with Crippen LogP contribution < -0.4 is 0 Å². The van der Waals surface area contributed by atoms with Gasteiger partial charge < -0.3 is 0 Å². The number of halogens is 2. The molecule has 1 saturated heterocycles. The van der Waals surface area contributed by atoms with Gasteiger partial charge in [0.2, 0.25) is 0 Å². The van der Waals surface area contributed by atoms with Crippen molar-refractivity contribution in [1.82, 2.24) is 10.0 Å². The van der Waals surface area contributed by atoms with Crippen LogP contribution in [0, 0.1) is 18.8 Å². The van der Waals surface area contributed by atoms with Crippen LogP contribution in [0.1, 0.15) is 58.9 Å². The summed E-state index contributed by atoms with van der Waals surface area (Å²) < 4.78 is 0. The molecule has 0 unspecified atom stereocenters. The zero-order valence-electron chi connectivity index (χ0n) is 18.4. The van der Waals surface area contributed by atoms with Crippen molar-refractivity contribution in [2.24, 2.45) is 11.8 Å². The van der Waals surface area contributed by atoms with Gasteiger partial charge in [0.05, 0.1) is 22.4 Å². The van der Waals surface area contributed by atoms with Crippen LogP contribution in [0.2, 0.25) is 10.0 Å². The number of carbonyl (C=O) groups is 4. The number of carbonyl (C=O) groups excluding carboxylic acids is 4. The first kappa shape index (κ1) is 23.5. The lowest BCUT2D eigenvalue weighted by molar-refractivity contribution is -0.156. The number of ketones is 1. The number of imide groups is 1. The Morgan fingerprint density at radius 3 is 2.09 bits per heavy atom. The van der Waals surface area contributed by atoms with Crippen molar-refractivity contribution in [2.45, 2.75) is 45.6 Å². The van der Waals surface area contributed by atoms with Gasteiger partial charge in [-0.1, -0.05) is 65.9 Å². The van der Waals surface area contributed by atoms with Gasteiger partial charge in [0.25, 0.3) is 17.7 Å². The average Bonchev–Trinajstić information content (AvgIpc) is 3.04. The summed E-state index contributed by atoms with van der Waals surface area (Å²) in [6, 6.07) is 10.2. The Labute approximate surface area is 202 Å². The molecule has 1 saturated carbocycles. The van der Waals surface area contributed by atoms with Gasteiger partial charge >= 0.3 is 0 Å². The molecule has 3 amide bonds. The highest BCUT2D eigenvalue weighted by molar-refractivity contribution is 6.36. The molecule has 4 rings (SSSR count). The molecule has 2 aliphatic rings. The number of fused-ring (bicyclic) bond motifs is 1. The zero-order chi connectivity index (χ0) is 23.9.